The first-order valence-electron chi connectivity index (χ1n) is 6.17. The number of ether oxygens (including phenoxy) is 2. The van der Waals surface area contributed by atoms with Gasteiger partial charge in [-0.25, -0.2) is 0 Å². The van der Waals surface area contributed by atoms with E-state index in [0.717, 1.165) is 15.8 Å². The van der Waals surface area contributed by atoms with Gasteiger partial charge in [-0.1, -0.05) is 17.3 Å². The minimum Gasteiger partial charge on any atom is -0.497 e. The van der Waals surface area contributed by atoms with Crippen LogP contribution >= 0.6 is 15.9 Å². The highest BCUT2D eigenvalue weighted by molar-refractivity contribution is 9.10. The van der Waals surface area contributed by atoms with Gasteiger partial charge in [-0.05, 0) is 51.8 Å². The molecular weight excluding hydrogens is 336 g/mol. The van der Waals surface area contributed by atoms with E-state index in [1.165, 1.54) is 0 Å². The lowest BCUT2D eigenvalue weighted by atomic mass is 10.2. The normalized spacial score (nSPS) is 11.2. The number of rotatable bonds is 5. The predicted molar refractivity (Wildman–Crippen MR) is 84.0 cm³/mol. The summed E-state index contributed by atoms with van der Waals surface area (Å²) in [6.07, 6.45) is 0. The van der Waals surface area contributed by atoms with Gasteiger partial charge in [0.05, 0.1) is 11.6 Å². The number of halogens is 1. The molecule has 2 aromatic carbocycles. The number of hydrogen-bond acceptors (Lipinski definition) is 4. The summed E-state index contributed by atoms with van der Waals surface area (Å²) in [5, 5.41) is 11.6. The van der Waals surface area contributed by atoms with Crippen molar-refractivity contribution in [2.24, 2.45) is 10.9 Å². The molecule has 21 heavy (non-hydrogen) atoms. The molecule has 0 aliphatic rings. The summed E-state index contributed by atoms with van der Waals surface area (Å²) in [6.45, 7) is 0.436. The van der Waals surface area contributed by atoms with Crippen LogP contribution in [0.25, 0.3) is 0 Å². The van der Waals surface area contributed by atoms with Gasteiger partial charge in [0, 0.05) is 5.56 Å². The third-order valence-electron chi connectivity index (χ3n) is 2.89. The second-order valence-electron chi connectivity index (χ2n) is 4.27. The lowest BCUT2D eigenvalue weighted by Gasteiger charge is -2.10. The van der Waals surface area contributed by atoms with Crippen molar-refractivity contribution in [1.82, 2.24) is 0 Å². The molecule has 0 saturated heterocycles. The number of amidine groups is 1. The first-order valence-corrected chi connectivity index (χ1v) is 6.96. The summed E-state index contributed by atoms with van der Waals surface area (Å²) >= 11 is 3.40. The van der Waals surface area contributed by atoms with E-state index < -0.39 is 0 Å². The third kappa shape index (κ3) is 3.88. The molecule has 5 nitrogen and oxygen atoms in total. The van der Waals surface area contributed by atoms with Crippen LogP contribution in [0.5, 0.6) is 11.5 Å². The average molecular weight is 351 g/mol. The summed E-state index contributed by atoms with van der Waals surface area (Å²) in [5.41, 5.74) is 7.18. The Morgan fingerprint density at radius 3 is 2.52 bits per heavy atom. The maximum atomic E-state index is 8.65. The second-order valence-corrected chi connectivity index (χ2v) is 5.12. The van der Waals surface area contributed by atoms with Crippen LogP contribution in [0.4, 0.5) is 0 Å². The Labute approximate surface area is 131 Å². The maximum absolute atomic E-state index is 8.65. The minimum absolute atomic E-state index is 0.0532. The molecule has 0 saturated carbocycles. The Morgan fingerprint density at radius 1 is 1.24 bits per heavy atom. The molecule has 0 atom stereocenters. The summed E-state index contributed by atoms with van der Waals surface area (Å²) in [4.78, 5) is 0. The van der Waals surface area contributed by atoms with E-state index in [9.17, 15) is 0 Å². The largest absolute Gasteiger partial charge is 0.497 e. The maximum Gasteiger partial charge on any atom is 0.170 e. The van der Waals surface area contributed by atoms with Gasteiger partial charge in [0.15, 0.2) is 5.84 Å². The van der Waals surface area contributed by atoms with Crippen LogP contribution in [0.2, 0.25) is 0 Å². The molecule has 0 spiro atoms. The Kier molecular flexibility index (Phi) is 5.05. The molecule has 0 aliphatic carbocycles. The average Bonchev–Trinajstić information content (AvgIpc) is 2.53. The van der Waals surface area contributed by atoms with E-state index in [4.69, 9.17) is 20.4 Å². The Balaban J connectivity index is 2.05. The van der Waals surface area contributed by atoms with E-state index >= 15 is 0 Å². The van der Waals surface area contributed by atoms with Gasteiger partial charge in [0.25, 0.3) is 0 Å². The first kappa shape index (κ1) is 15.2. The fraction of sp³-hybridized carbons (Fsp3) is 0.133. The number of hydrogen-bond donors (Lipinski definition) is 2. The van der Waals surface area contributed by atoms with Gasteiger partial charge in [0.2, 0.25) is 0 Å². The first-order chi connectivity index (χ1) is 10.1. The van der Waals surface area contributed by atoms with Crippen LogP contribution in [0.3, 0.4) is 0 Å². The molecule has 0 amide bonds. The van der Waals surface area contributed by atoms with E-state index in [0.29, 0.717) is 17.9 Å². The fourth-order valence-corrected chi connectivity index (χ4v) is 2.21. The molecule has 0 heterocycles. The van der Waals surface area contributed by atoms with Crippen LogP contribution in [-0.2, 0) is 6.61 Å². The summed E-state index contributed by atoms with van der Waals surface area (Å²) in [5.74, 6) is 1.54. The lowest BCUT2D eigenvalue weighted by Crippen LogP contribution is -2.12. The standard InChI is InChI=1S/C15H15BrN2O3/c1-20-12-5-2-10(3-6-12)9-21-14-7-4-11(8-13(14)16)15(17)18-19/h2-8,19H,9H2,1H3,(H2,17,18). The summed E-state index contributed by atoms with van der Waals surface area (Å²) in [6, 6.07) is 12.9. The van der Waals surface area contributed by atoms with Crippen molar-refractivity contribution in [3.05, 3.63) is 58.1 Å². The quantitative estimate of drug-likeness (QED) is 0.376. The van der Waals surface area contributed by atoms with Crippen LogP contribution in [0.15, 0.2) is 52.1 Å². The van der Waals surface area contributed by atoms with E-state index in [2.05, 4.69) is 21.1 Å². The van der Waals surface area contributed by atoms with Crippen molar-refractivity contribution in [3.63, 3.8) is 0 Å². The van der Waals surface area contributed by atoms with Gasteiger partial charge in [0.1, 0.15) is 18.1 Å². The van der Waals surface area contributed by atoms with Crippen molar-refractivity contribution in [2.45, 2.75) is 6.61 Å². The van der Waals surface area contributed by atoms with Crippen molar-refractivity contribution in [2.75, 3.05) is 7.11 Å². The number of nitrogens with two attached hydrogens (primary N) is 1. The molecule has 110 valence electrons. The molecule has 3 N–H and O–H groups in total. The van der Waals surface area contributed by atoms with Crippen LogP contribution in [0.1, 0.15) is 11.1 Å². The molecule has 2 aromatic rings. The molecule has 0 bridgehead atoms. The van der Waals surface area contributed by atoms with Crippen molar-refractivity contribution >= 4 is 21.8 Å². The highest BCUT2D eigenvalue weighted by Gasteiger charge is 2.06. The number of nitrogens with zero attached hydrogens (tertiary/aromatic N) is 1. The zero-order valence-corrected chi connectivity index (χ0v) is 13.0. The molecule has 0 unspecified atom stereocenters. The van der Waals surface area contributed by atoms with Crippen LogP contribution < -0.4 is 15.2 Å². The van der Waals surface area contributed by atoms with Crippen molar-refractivity contribution in [1.29, 1.82) is 0 Å². The lowest BCUT2D eigenvalue weighted by molar-refractivity contribution is 0.304. The fourth-order valence-electron chi connectivity index (χ4n) is 1.72. The number of methoxy groups -OCH3 is 1. The van der Waals surface area contributed by atoms with Gasteiger partial charge in [-0.15, -0.1) is 0 Å². The Hall–Kier alpha value is -2.21. The summed E-state index contributed by atoms with van der Waals surface area (Å²) in [7, 11) is 1.63. The third-order valence-corrected chi connectivity index (χ3v) is 3.51. The molecule has 6 heteroatoms. The Bertz CT molecular complexity index is 642. The predicted octanol–water partition coefficient (Wildman–Crippen LogP) is 3.13. The molecule has 2 rings (SSSR count). The number of benzene rings is 2. The monoisotopic (exact) mass is 350 g/mol. The van der Waals surface area contributed by atoms with Crippen molar-refractivity contribution in [3.8, 4) is 11.5 Å². The summed E-state index contributed by atoms with van der Waals surface area (Å²) < 4.78 is 11.6. The van der Waals surface area contributed by atoms with Crippen molar-refractivity contribution < 1.29 is 14.7 Å². The molecule has 0 aromatic heterocycles. The van der Waals surface area contributed by atoms with Gasteiger partial charge < -0.3 is 20.4 Å². The zero-order valence-electron chi connectivity index (χ0n) is 11.4. The van der Waals surface area contributed by atoms with Gasteiger partial charge >= 0.3 is 0 Å². The van der Waals surface area contributed by atoms with E-state index in [-0.39, 0.29) is 5.84 Å². The van der Waals surface area contributed by atoms with E-state index in [1.807, 2.05) is 24.3 Å². The van der Waals surface area contributed by atoms with Crippen LogP contribution in [0, 0.1) is 0 Å². The van der Waals surface area contributed by atoms with Gasteiger partial charge in [-0.2, -0.15) is 0 Å². The smallest absolute Gasteiger partial charge is 0.170 e. The van der Waals surface area contributed by atoms with Gasteiger partial charge in [-0.3, -0.25) is 0 Å². The molecule has 0 aliphatic heterocycles. The van der Waals surface area contributed by atoms with E-state index in [1.54, 1.807) is 25.3 Å². The highest BCUT2D eigenvalue weighted by atomic mass is 79.9. The number of oxime groups is 1. The topological polar surface area (TPSA) is 77.1 Å². The highest BCUT2D eigenvalue weighted by Crippen LogP contribution is 2.27. The van der Waals surface area contributed by atoms with Crippen LogP contribution in [-0.4, -0.2) is 18.2 Å². The molecule has 0 radical (unpaired) electrons. The SMILES string of the molecule is COc1ccc(COc2ccc(/C(N)=N/O)cc2Br)cc1. The Morgan fingerprint density at radius 2 is 1.95 bits per heavy atom. The zero-order chi connectivity index (χ0) is 15.2. The molecule has 0 fully saturated rings. The molecular formula is C15H15BrN2O3. The second kappa shape index (κ2) is 6.99. The minimum atomic E-state index is 0.0532.